The van der Waals surface area contributed by atoms with Gasteiger partial charge in [-0.2, -0.15) is 13.2 Å². The number of rotatable bonds is 4. The summed E-state index contributed by atoms with van der Waals surface area (Å²) in [6, 6.07) is 4.99. The molecule has 6 nitrogen and oxygen atoms in total. The quantitative estimate of drug-likeness (QED) is 0.805. The number of pyridine rings is 1. The van der Waals surface area contributed by atoms with Gasteiger partial charge in [0, 0.05) is 6.20 Å². The standard InChI is InChI=1S/C15H10ClF3N2O4/c16-10-4-3-8(15(17,18)19)6-11(10)21-12(22)7-25-14(24)9-2-1-5-20-13(9)23/h1-6H,7H2,(H,20,23)(H,21,22). The Balaban J connectivity index is 2.02. The molecular formula is C15H10ClF3N2O4. The first-order valence-electron chi connectivity index (χ1n) is 6.70. The number of hydrogen-bond acceptors (Lipinski definition) is 4. The molecule has 0 spiro atoms. The SMILES string of the molecule is O=C(COC(=O)c1ccc[nH]c1=O)Nc1cc(C(F)(F)F)ccc1Cl. The molecule has 1 aromatic heterocycles. The summed E-state index contributed by atoms with van der Waals surface area (Å²) in [4.78, 5) is 37.1. The minimum Gasteiger partial charge on any atom is -0.452 e. The van der Waals surface area contributed by atoms with E-state index in [1.165, 1.54) is 18.3 Å². The maximum Gasteiger partial charge on any atom is 0.416 e. The van der Waals surface area contributed by atoms with Crippen molar-refractivity contribution in [2.45, 2.75) is 6.18 Å². The largest absolute Gasteiger partial charge is 0.452 e. The third-order valence-corrected chi connectivity index (χ3v) is 3.27. The first-order chi connectivity index (χ1) is 11.7. The topological polar surface area (TPSA) is 88.3 Å². The normalized spacial score (nSPS) is 11.0. The zero-order valence-electron chi connectivity index (χ0n) is 12.3. The van der Waals surface area contributed by atoms with Crippen LogP contribution in [0.15, 0.2) is 41.3 Å². The Morgan fingerprint density at radius 2 is 1.96 bits per heavy atom. The van der Waals surface area contributed by atoms with Crippen molar-refractivity contribution in [2.75, 3.05) is 11.9 Å². The highest BCUT2D eigenvalue weighted by molar-refractivity contribution is 6.33. The number of carbonyl (C=O) groups is 2. The van der Waals surface area contributed by atoms with Crippen LogP contribution in [0.5, 0.6) is 0 Å². The van der Waals surface area contributed by atoms with Crippen LogP contribution >= 0.6 is 11.6 Å². The van der Waals surface area contributed by atoms with E-state index >= 15 is 0 Å². The highest BCUT2D eigenvalue weighted by Crippen LogP contribution is 2.33. The van der Waals surface area contributed by atoms with Crippen LogP contribution < -0.4 is 10.9 Å². The number of amides is 1. The summed E-state index contributed by atoms with van der Waals surface area (Å²) in [5, 5.41) is 1.99. The van der Waals surface area contributed by atoms with Gasteiger partial charge in [0.2, 0.25) is 0 Å². The number of ether oxygens (including phenoxy) is 1. The molecule has 1 aromatic carbocycles. The third-order valence-electron chi connectivity index (χ3n) is 2.94. The van der Waals surface area contributed by atoms with Gasteiger partial charge in [-0.3, -0.25) is 9.59 Å². The van der Waals surface area contributed by atoms with Gasteiger partial charge >= 0.3 is 12.1 Å². The van der Waals surface area contributed by atoms with E-state index in [0.717, 1.165) is 12.1 Å². The monoisotopic (exact) mass is 374 g/mol. The second kappa shape index (κ2) is 7.39. The molecule has 1 heterocycles. The smallest absolute Gasteiger partial charge is 0.416 e. The van der Waals surface area contributed by atoms with Gasteiger partial charge in [-0.25, -0.2) is 4.79 Å². The van der Waals surface area contributed by atoms with Gasteiger partial charge in [-0.05, 0) is 30.3 Å². The number of anilines is 1. The first kappa shape index (κ1) is 18.5. The van der Waals surface area contributed by atoms with E-state index in [2.05, 4.69) is 15.0 Å². The summed E-state index contributed by atoms with van der Waals surface area (Å²) in [5.74, 6) is -1.96. The van der Waals surface area contributed by atoms with Gasteiger partial charge in [-0.15, -0.1) is 0 Å². The molecule has 0 fully saturated rings. The number of H-pyrrole nitrogens is 1. The molecule has 0 atom stereocenters. The molecule has 0 saturated heterocycles. The average molecular weight is 375 g/mol. The van der Waals surface area contributed by atoms with Crippen LogP contribution in [0.2, 0.25) is 5.02 Å². The van der Waals surface area contributed by atoms with Gasteiger partial charge in [0.25, 0.3) is 11.5 Å². The van der Waals surface area contributed by atoms with E-state index in [-0.39, 0.29) is 16.3 Å². The molecule has 25 heavy (non-hydrogen) atoms. The number of carbonyl (C=O) groups excluding carboxylic acids is 2. The van der Waals surface area contributed by atoms with E-state index in [9.17, 15) is 27.6 Å². The lowest BCUT2D eigenvalue weighted by atomic mass is 10.2. The maximum atomic E-state index is 12.7. The molecular weight excluding hydrogens is 365 g/mol. The number of halogens is 4. The maximum absolute atomic E-state index is 12.7. The lowest BCUT2D eigenvalue weighted by Gasteiger charge is -2.11. The Morgan fingerprint density at radius 3 is 2.60 bits per heavy atom. The van der Waals surface area contributed by atoms with Crippen LogP contribution in [0.25, 0.3) is 0 Å². The third kappa shape index (κ3) is 4.83. The van der Waals surface area contributed by atoms with Gasteiger partial charge in [0.05, 0.1) is 16.3 Å². The van der Waals surface area contributed by atoms with Crippen LogP contribution in [-0.2, 0) is 15.7 Å². The predicted octanol–water partition coefficient (Wildman–Crippen LogP) is 2.84. The summed E-state index contributed by atoms with van der Waals surface area (Å²) in [6.07, 6.45) is -3.30. The van der Waals surface area contributed by atoms with Crippen molar-refractivity contribution < 1.29 is 27.5 Å². The van der Waals surface area contributed by atoms with Gasteiger partial charge in [0.15, 0.2) is 6.61 Å². The molecule has 0 aliphatic rings. The Bertz CT molecular complexity index is 864. The fourth-order valence-corrected chi connectivity index (χ4v) is 1.94. The molecule has 2 aromatic rings. The van der Waals surface area contributed by atoms with Crippen molar-refractivity contribution in [3.05, 3.63) is 63.0 Å². The minimum atomic E-state index is -4.61. The van der Waals surface area contributed by atoms with Crippen molar-refractivity contribution in [2.24, 2.45) is 0 Å². The molecule has 0 aliphatic carbocycles. The van der Waals surface area contributed by atoms with E-state index in [1.54, 1.807) is 0 Å². The summed E-state index contributed by atoms with van der Waals surface area (Å²) in [6.45, 7) is -0.806. The van der Waals surface area contributed by atoms with Crippen LogP contribution in [0.3, 0.4) is 0 Å². The number of nitrogens with one attached hydrogen (secondary N) is 2. The summed E-state index contributed by atoms with van der Waals surface area (Å²) in [7, 11) is 0. The first-order valence-corrected chi connectivity index (χ1v) is 7.07. The van der Waals surface area contributed by atoms with Crippen LogP contribution in [-0.4, -0.2) is 23.5 Å². The van der Waals surface area contributed by atoms with Gasteiger partial charge in [0.1, 0.15) is 5.56 Å². The minimum absolute atomic E-state index is 0.118. The Morgan fingerprint density at radius 1 is 1.24 bits per heavy atom. The van der Waals surface area contributed by atoms with E-state index < -0.39 is 35.8 Å². The number of alkyl halides is 3. The Kier molecular flexibility index (Phi) is 5.48. The molecule has 1 amide bonds. The fraction of sp³-hybridized carbons (Fsp3) is 0.133. The second-order valence-electron chi connectivity index (χ2n) is 4.73. The van der Waals surface area contributed by atoms with E-state index in [1.807, 2.05) is 0 Å². The second-order valence-corrected chi connectivity index (χ2v) is 5.14. The van der Waals surface area contributed by atoms with Gasteiger partial charge < -0.3 is 15.0 Å². The molecule has 0 unspecified atom stereocenters. The Hall–Kier alpha value is -2.81. The number of aromatic amines is 1. The lowest BCUT2D eigenvalue weighted by molar-refractivity contribution is -0.137. The van der Waals surface area contributed by atoms with E-state index in [0.29, 0.717) is 6.07 Å². The summed E-state index contributed by atoms with van der Waals surface area (Å²) >= 11 is 5.73. The molecule has 132 valence electrons. The molecule has 0 radical (unpaired) electrons. The zero-order chi connectivity index (χ0) is 18.6. The van der Waals surface area contributed by atoms with Crippen molar-refractivity contribution in [1.29, 1.82) is 0 Å². The molecule has 10 heteroatoms. The van der Waals surface area contributed by atoms with Crippen molar-refractivity contribution in [1.82, 2.24) is 4.98 Å². The van der Waals surface area contributed by atoms with Crippen LogP contribution in [0.4, 0.5) is 18.9 Å². The van der Waals surface area contributed by atoms with Crippen molar-refractivity contribution >= 4 is 29.2 Å². The number of aromatic nitrogens is 1. The average Bonchev–Trinajstić information content (AvgIpc) is 2.54. The Labute approximate surface area is 143 Å². The highest BCUT2D eigenvalue weighted by Gasteiger charge is 2.31. The molecule has 0 bridgehead atoms. The molecule has 0 saturated carbocycles. The zero-order valence-corrected chi connectivity index (χ0v) is 13.1. The number of esters is 1. The number of hydrogen-bond donors (Lipinski definition) is 2. The van der Waals surface area contributed by atoms with Crippen LogP contribution in [0, 0.1) is 0 Å². The molecule has 2 rings (SSSR count). The molecule has 0 aliphatic heterocycles. The van der Waals surface area contributed by atoms with Crippen molar-refractivity contribution in [3.8, 4) is 0 Å². The summed E-state index contributed by atoms with van der Waals surface area (Å²) < 4.78 is 42.6. The summed E-state index contributed by atoms with van der Waals surface area (Å²) in [5.41, 5.74) is -2.30. The van der Waals surface area contributed by atoms with E-state index in [4.69, 9.17) is 11.6 Å². The number of benzene rings is 1. The lowest BCUT2D eigenvalue weighted by Crippen LogP contribution is -2.24. The predicted molar refractivity (Wildman–Crippen MR) is 82.4 cm³/mol. The molecule has 2 N–H and O–H groups in total. The highest BCUT2D eigenvalue weighted by atomic mass is 35.5. The van der Waals surface area contributed by atoms with Crippen molar-refractivity contribution in [3.63, 3.8) is 0 Å². The fourth-order valence-electron chi connectivity index (χ4n) is 1.77. The van der Waals surface area contributed by atoms with Gasteiger partial charge in [-0.1, -0.05) is 11.6 Å². The van der Waals surface area contributed by atoms with Crippen LogP contribution in [0.1, 0.15) is 15.9 Å².